The van der Waals surface area contributed by atoms with Gasteiger partial charge in [0.1, 0.15) is 6.10 Å². The molecule has 15 heavy (non-hydrogen) atoms. The van der Waals surface area contributed by atoms with E-state index < -0.39 is 13.9 Å². The van der Waals surface area contributed by atoms with E-state index in [1.165, 1.54) is 0 Å². The van der Waals surface area contributed by atoms with Gasteiger partial charge < -0.3 is 19.0 Å². The molecule has 0 amide bonds. The lowest BCUT2D eigenvalue weighted by atomic mass is 10.4. The molecule has 0 saturated carbocycles. The van der Waals surface area contributed by atoms with Crippen molar-refractivity contribution in [1.82, 2.24) is 0 Å². The molecule has 2 atom stereocenters. The van der Waals surface area contributed by atoms with Crippen molar-refractivity contribution in [2.24, 2.45) is 5.73 Å². The number of rotatable bonds is 9. The Labute approximate surface area is 99.1 Å². The van der Waals surface area contributed by atoms with Crippen LogP contribution in [-0.4, -0.2) is 37.4 Å². The lowest BCUT2D eigenvalue weighted by Crippen LogP contribution is -2.21. The first-order chi connectivity index (χ1) is 7.05. The van der Waals surface area contributed by atoms with E-state index in [2.05, 4.69) is 43.2 Å². The predicted octanol–water partition coefficient (Wildman–Crippen LogP) is 0.170. The summed E-state index contributed by atoms with van der Waals surface area (Å²) in [6.45, 7) is -0.0880. The molecular formula is C5H14NO6PS2. The molecule has 7 nitrogen and oxygen atoms in total. The second-order valence-electron chi connectivity index (χ2n) is 2.41. The largest absolute Gasteiger partial charge is 0.472 e. The molecule has 0 aromatic heterocycles. The topological polar surface area (TPSA) is 100 Å². The molecule has 0 heterocycles. The van der Waals surface area contributed by atoms with Gasteiger partial charge in [0.2, 0.25) is 0 Å². The molecule has 0 bridgehead atoms. The van der Waals surface area contributed by atoms with Crippen LogP contribution in [0.25, 0.3) is 0 Å². The lowest BCUT2D eigenvalue weighted by molar-refractivity contribution is 0.0783. The Morgan fingerprint density at radius 2 is 2.00 bits per heavy atom. The molecule has 0 aromatic rings. The first-order valence-corrected chi connectivity index (χ1v) is 6.17. The fourth-order valence-electron chi connectivity index (χ4n) is 0.575. The van der Waals surface area contributed by atoms with Crippen molar-refractivity contribution in [3.63, 3.8) is 0 Å². The van der Waals surface area contributed by atoms with Gasteiger partial charge in [-0.05, 0) is 25.8 Å². The summed E-state index contributed by atoms with van der Waals surface area (Å²) in [6.07, 6.45) is -0.618. The first kappa shape index (κ1) is 15.7. The average Bonchev–Trinajstić information content (AvgIpc) is 2.21. The van der Waals surface area contributed by atoms with E-state index in [0.717, 1.165) is 0 Å². The molecule has 0 spiro atoms. The van der Waals surface area contributed by atoms with E-state index in [9.17, 15) is 4.57 Å². The summed E-state index contributed by atoms with van der Waals surface area (Å²) in [5.41, 5.74) is 5.09. The van der Waals surface area contributed by atoms with Crippen LogP contribution in [0, 0.1) is 0 Å². The zero-order chi connectivity index (χ0) is 11.7. The van der Waals surface area contributed by atoms with Crippen molar-refractivity contribution >= 4 is 33.6 Å². The summed E-state index contributed by atoms with van der Waals surface area (Å²) in [6, 6.07) is 0. The first-order valence-electron chi connectivity index (χ1n) is 3.94. The maximum Gasteiger partial charge on any atom is 0.472 e. The lowest BCUT2D eigenvalue weighted by Gasteiger charge is -2.15. The van der Waals surface area contributed by atoms with Crippen LogP contribution >= 0.6 is 33.6 Å². The molecule has 3 N–H and O–H groups in total. The molecule has 92 valence electrons. The van der Waals surface area contributed by atoms with Gasteiger partial charge in [0.15, 0.2) is 0 Å². The molecule has 1 unspecified atom stereocenters. The number of phosphoric ester groups is 1. The molecule has 0 aromatic carbocycles. The van der Waals surface area contributed by atoms with E-state index in [0.29, 0.717) is 0 Å². The number of hydrogen-bond acceptors (Lipinski definition) is 8. The summed E-state index contributed by atoms with van der Waals surface area (Å²) >= 11 is 7.01. The van der Waals surface area contributed by atoms with Crippen LogP contribution in [0.2, 0.25) is 0 Å². The molecule has 10 heteroatoms. The molecule has 0 rings (SSSR count). The number of phosphoric acid groups is 1. The van der Waals surface area contributed by atoms with E-state index in [-0.39, 0.29) is 26.4 Å². The third-order valence-electron chi connectivity index (χ3n) is 1.21. The van der Waals surface area contributed by atoms with Crippen LogP contribution in [0.3, 0.4) is 0 Å². The van der Waals surface area contributed by atoms with Gasteiger partial charge in [-0.25, -0.2) is 4.57 Å². The number of thiol groups is 2. The minimum absolute atomic E-state index is 0.0590. The molecule has 0 radical (unpaired) electrons. The standard InChI is InChI=1S/C5H14NO6PS2/c6-1-2-9-13(7,8)10-3-5(12-15)4-11-14/h5,14-15H,1-4,6H2,(H,7,8)/t5-/m0/s1. The Morgan fingerprint density at radius 1 is 1.33 bits per heavy atom. The second-order valence-corrected chi connectivity index (χ2v) is 4.33. The van der Waals surface area contributed by atoms with Gasteiger partial charge >= 0.3 is 7.82 Å². The monoisotopic (exact) mass is 279 g/mol. The van der Waals surface area contributed by atoms with Crippen molar-refractivity contribution in [3.05, 3.63) is 0 Å². The second kappa shape index (κ2) is 8.80. The fraction of sp³-hybridized carbons (Fsp3) is 1.00. The number of nitrogens with two attached hydrogens (primary N) is 1. The van der Waals surface area contributed by atoms with E-state index >= 15 is 0 Å². The van der Waals surface area contributed by atoms with Gasteiger partial charge in [-0.1, -0.05) is 0 Å². The summed E-state index contributed by atoms with van der Waals surface area (Å²) < 4.78 is 29.2. The normalized spacial score (nSPS) is 17.3. The van der Waals surface area contributed by atoms with E-state index in [1.54, 1.807) is 0 Å². The Morgan fingerprint density at radius 3 is 2.47 bits per heavy atom. The van der Waals surface area contributed by atoms with Gasteiger partial charge in [0, 0.05) is 6.54 Å². The predicted molar refractivity (Wildman–Crippen MR) is 59.6 cm³/mol. The Bertz CT molecular complexity index is 208. The van der Waals surface area contributed by atoms with Crippen molar-refractivity contribution in [2.75, 3.05) is 26.4 Å². The summed E-state index contributed by atoms with van der Waals surface area (Å²) in [5, 5.41) is 0. The summed E-state index contributed by atoms with van der Waals surface area (Å²) in [4.78, 5) is 9.07. The quantitative estimate of drug-likeness (QED) is 0.271. The third kappa shape index (κ3) is 8.49. The molecule has 0 aliphatic heterocycles. The molecule has 0 saturated heterocycles. The molecular weight excluding hydrogens is 265 g/mol. The average molecular weight is 279 g/mol. The van der Waals surface area contributed by atoms with Crippen LogP contribution in [0.15, 0.2) is 0 Å². The molecule has 0 aliphatic rings. The zero-order valence-corrected chi connectivity index (χ0v) is 10.5. The highest BCUT2D eigenvalue weighted by Crippen LogP contribution is 2.42. The molecule has 0 aliphatic carbocycles. The van der Waals surface area contributed by atoms with Crippen molar-refractivity contribution in [2.45, 2.75) is 6.10 Å². The summed E-state index contributed by atoms with van der Waals surface area (Å²) in [5.74, 6) is 0. The Balaban J connectivity index is 3.84. The maximum absolute atomic E-state index is 11.1. The van der Waals surface area contributed by atoms with Crippen LogP contribution in [-0.2, 0) is 22.0 Å². The van der Waals surface area contributed by atoms with Gasteiger partial charge in [-0.15, -0.1) is 0 Å². The van der Waals surface area contributed by atoms with Gasteiger partial charge in [-0.2, -0.15) is 0 Å². The summed E-state index contributed by atoms with van der Waals surface area (Å²) in [7, 11) is -4.07. The fourth-order valence-corrected chi connectivity index (χ4v) is 1.63. The van der Waals surface area contributed by atoms with Crippen molar-refractivity contribution in [3.8, 4) is 0 Å². The van der Waals surface area contributed by atoms with Crippen LogP contribution in [0.5, 0.6) is 0 Å². The van der Waals surface area contributed by atoms with Gasteiger partial charge in [0.05, 0.1) is 19.8 Å². The highest BCUT2D eigenvalue weighted by molar-refractivity contribution is 7.75. The van der Waals surface area contributed by atoms with Crippen LogP contribution in [0.1, 0.15) is 0 Å². The molecule has 0 fully saturated rings. The highest BCUT2D eigenvalue weighted by Gasteiger charge is 2.23. The zero-order valence-electron chi connectivity index (χ0n) is 7.81. The minimum Gasteiger partial charge on any atom is -0.328 e. The smallest absolute Gasteiger partial charge is 0.328 e. The number of hydrogen-bond donors (Lipinski definition) is 4. The van der Waals surface area contributed by atoms with Crippen LogP contribution < -0.4 is 5.73 Å². The van der Waals surface area contributed by atoms with Crippen molar-refractivity contribution < 1.29 is 26.9 Å². The Hall–Kier alpha value is 0.690. The maximum atomic E-state index is 11.1. The van der Waals surface area contributed by atoms with Crippen LogP contribution in [0.4, 0.5) is 0 Å². The van der Waals surface area contributed by atoms with Crippen molar-refractivity contribution in [1.29, 1.82) is 0 Å². The third-order valence-corrected chi connectivity index (χ3v) is 2.64. The minimum atomic E-state index is -4.07. The Kier molecular flexibility index (Phi) is 9.20. The van der Waals surface area contributed by atoms with E-state index in [1.807, 2.05) is 0 Å². The van der Waals surface area contributed by atoms with E-state index in [4.69, 9.17) is 10.6 Å². The van der Waals surface area contributed by atoms with Gasteiger partial charge in [0.25, 0.3) is 0 Å². The van der Waals surface area contributed by atoms with Gasteiger partial charge in [-0.3, -0.25) is 9.05 Å². The SMILES string of the molecule is NCCOP(=O)(O)OC[C@@H](COS)OS. The highest BCUT2D eigenvalue weighted by atomic mass is 32.1.